The van der Waals surface area contributed by atoms with E-state index in [1.165, 1.54) is 10.9 Å². The number of nitrogens with two attached hydrogens (primary N) is 1. The van der Waals surface area contributed by atoms with Gasteiger partial charge in [0.1, 0.15) is 17.9 Å². The van der Waals surface area contributed by atoms with E-state index in [2.05, 4.69) is 25.5 Å². The molecule has 2 bridgehead atoms. The maximum Gasteiger partial charge on any atom is 0.258 e. The predicted molar refractivity (Wildman–Crippen MR) is 112 cm³/mol. The van der Waals surface area contributed by atoms with Gasteiger partial charge in [0.15, 0.2) is 5.82 Å². The van der Waals surface area contributed by atoms with Crippen LogP contribution in [-0.4, -0.2) is 30.2 Å². The first-order chi connectivity index (χ1) is 14.2. The molecule has 2 N–H and O–H groups in total. The van der Waals surface area contributed by atoms with Crippen LogP contribution in [0.25, 0.3) is 11.3 Å². The average molecular weight is 424 g/mol. The van der Waals surface area contributed by atoms with Crippen molar-refractivity contribution in [2.75, 3.05) is 12.0 Å². The summed E-state index contributed by atoms with van der Waals surface area (Å²) in [4.78, 5) is 9.31. The van der Waals surface area contributed by atoms with Crippen molar-refractivity contribution in [1.82, 2.24) is 19.7 Å². The summed E-state index contributed by atoms with van der Waals surface area (Å²) in [6.07, 6.45) is 2.58. The Labute approximate surface area is 174 Å². The summed E-state index contributed by atoms with van der Waals surface area (Å²) < 4.78 is 25.6. The van der Waals surface area contributed by atoms with Gasteiger partial charge in [0, 0.05) is 18.9 Å². The molecule has 1 unspecified atom stereocenters. The number of nitriles is 1. The fraction of sp³-hybridized carbons (Fsp3) is 0.300. The molecule has 3 heterocycles. The number of anilines is 1. The van der Waals surface area contributed by atoms with Crippen LogP contribution >= 0.6 is 0 Å². The van der Waals surface area contributed by atoms with Gasteiger partial charge >= 0.3 is 0 Å². The summed E-state index contributed by atoms with van der Waals surface area (Å²) >= 11 is 0. The van der Waals surface area contributed by atoms with E-state index in [4.69, 9.17) is 10.5 Å². The number of hydrogen-bond acceptors (Lipinski definition) is 8. The molecule has 1 aliphatic rings. The van der Waals surface area contributed by atoms with Crippen LogP contribution in [0.5, 0.6) is 5.88 Å². The first kappa shape index (κ1) is 19.8. The van der Waals surface area contributed by atoms with Crippen molar-refractivity contribution in [3.05, 3.63) is 46.9 Å². The minimum absolute atomic E-state index is 0.0597. The van der Waals surface area contributed by atoms with E-state index in [1.807, 2.05) is 32.0 Å². The van der Waals surface area contributed by atoms with Crippen LogP contribution in [0.15, 0.2) is 33.7 Å². The van der Waals surface area contributed by atoms with Crippen molar-refractivity contribution in [2.45, 2.75) is 31.4 Å². The molecular weight excluding hydrogens is 402 g/mol. The summed E-state index contributed by atoms with van der Waals surface area (Å²) in [6, 6.07) is 7.77. The molecule has 0 aliphatic carbocycles. The summed E-state index contributed by atoms with van der Waals surface area (Å²) in [5, 5.41) is 14.0. The molecule has 0 fully saturated rings. The van der Waals surface area contributed by atoms with Crippen molar-refractivity contribution in [3.8, 4) is 23.2 Å². The number of aryl methyl sites for hydroxylation is 2. The minimum atomic E-state index is -2.77. The number of aromatic nitrogens is 4. The molecule has 30 heavy (non-hydrogen) atoms. The largest absolute Gasteiger partial charge is 0.467 e. The molecule has 9 nitrogen and oxygen atoms in total. The van der Waals surface area contributed by atoms with Crippen LogP contribution in [0.3, 0.4) is 0 Å². The van der Waals surface area contributed by atoms with Crippen molar-refractivity contribution in [1.29, 1.82) is 5.26 Å². The van der Waals surface area contributed by atoms with Gasteiger partial charge in [0.25, 0.3) is 5.88 Å². The quantitative estimate of drug-likeness (QED) is 0.588. The van der Waals surface area contributed by atoms with E-state index in [0.717, 1.165) is 11.1 Å². The van der Waals surface area contributed by atoms with Gasteiger partial charge in [-0.1, -0.05) is 17.7 Å². The van der Waals surface area contributed by atoms with Crippen molar-refractivity contribution < 1.29 is 8.95 Å². The summed E-state index contributed by atoms with van der Waals surface area (Å²) in [5.74, 6) is 0.272. The monoisotopic (exact) mass is 423 g/mol. The van der Waals surface area contributed by atoms with Gasteiger partial charge in [-0.25, -0.2) is 18.5 Å². The maximum absolute atomic E-state index is 13.6. The molecule has 3 aromatic rings. The molecule has 2 atom stereocenters. The zero-order chi connectivity index (χ0) is 21.6. The van der Waals surface area contributed by atoms with E-state index in [0.29, 0.717) is 27.5 Å². The Balaban J connectivity index is 2.05. The van der Waals surface area contributed by atoms with Crippen molar-refractivity contribution >= 4 is 15.5 Å². The molecule has 154 valence electrons. The molecule has 0 amide bonds. The highest BCUT2D eigenvalue weighted by Gasteiger charge is 2.25. The normalized spacial score (nSPS) is 20.4. The van der Waals surface area contributed by atoms with Gasteiger partial charge in [-0.15, -0.1) is 0 Å². The number of nitrogen functional groups attached to an aromatic ring is 1. The maximum atomic E-state index is 13.6. The third kappa shape index (κ3) is 3.27. The van der Waals surface area contributed by atoms with Gasteiger partial charge in [-0.3, -0.25) is 4.68 Å². The SMILES string of the molecule is Cc1ccc2c(c1)[C@@H](C)Oc1nc(cnc1N)-c1c(nn(C)c1C#N)CN=S2(C)=O. The van der Waals surface area contributed by atoms with E-state index >= 15 is 0 Å². The highest BCUT2D eigenvalue weighted by Crippen LogP contribution is 2.34. The van der Waals surface area contributed by atoms with Crippen LogP contribution in [0.1, 0.15) is 35.5 Å². The Morgan fingerprint density at radius 2 is 2.17 bits per heavy atom. The molecule has 0 radical (unpaired) electrons. The molecule has 2 aromatic heterocycles. The molecule has 0 spiro atoms. The second-order valence-corrected chi connectivity index (χ2v) is 9.55. The highest BCUT2D eigenvalue weighted by molar-refractivity contribution is 7.93. The zero-order valence-electron chi connectivity index (χ0n) is 17.1. The van der Waals surface area contributed by atoms with Gasteiger partial charge in [0.05, 0.1) is 44.3 Å². The molecule has 0 saturated heterocycles. The van der Waals surface area contributed by atoms with E-state index in [1.54, 1.807) is 13.3 Å². The molecule has 4 rings (SSSR count). The molecule has 10 heteroatoms. The van der Waals surface area contributed by atoms with Crippen molar-refractivity contribution in [2.24, 2.45) is 11.4 Å². The smallest absolute Gasteiger partial charge is 0.258 e. The summed E-state index contributed by atoms with van der Waals surface area (Å²) in [6.45, 7) is 3.85. The highest BCUT2D eigenvalue weighted by atomic mass is 32.2. The first-order valence-electron chi connectivity index (χ1n) is 9.25. The van der Waals surface area contributed by atoms with E-state index in [9.17, 15) is 9.47 Å². The molecular formula is C20H21N7O2S. The Bertz CT molecular complexity index is 1330. The predicted octanol–water partition coefficient (Wildman–Crippen LogP) is 2.75. The topological polar surface area (TPSA) is 132 Å². The van der Waals surface area contributed by atoms with E-state index in [-0.39, 0.29) is 18.2 Å². The number of benzene rings is 1. The lowest BCUT2D eigenvalue weighted by Gasteiger charge is -2.20. The number of hydrogen-bond donors (Lipinski definition) is 1. The average Bonchev–Trinajstić information content (AvgIpc) is 3.02. The van der Waals surface area contributed by atoms with Crippen LogP contribution in [0.2, 0.25) is 0 Å². The Morgan fingerprint density at radius 1 is 1.40 bits per heavy atom. The molecule has 0 saturated carbocycles. The lowest BCUT2D eigenvalue weighted by molar-refractivity contribution is 0.215. The van der Waals surface area contributed by atoms with Gasteiger partial charge < -0.3 is 10.5 Å². The number of nitrogens with zero attached hydrogens (tertiary/aromatic N) is 6. The summed E-state index contributed by atoms with van der Waals surface area (Å²) in [7, 11) is -1.11. The zero-order valence-corrected chi connectivity index (χ0v) is 17.9. The van der Waals surface area contributed by atoms with Crippen LogP contribution in [-0.2, 0) is 23.3 Å². The Kier molecular flexibility index (Phi) is 4.70. The lowest BCUT2D eigenvalue weighted by Crippen LogP contribution is -2.13. The van der Waals surface area contributed by atoms with Crippen LogP contribution in [0.4, 0.5) is 5.82 Å². The Morgan fingerprint density at radius 3 is 2.90 bits per heavy atom. The lowest BCUT2D eigenvalue weighted by atomic mass is 10.1. The fourth-order valence-corrected chi connectivity index (χ4v) is 4.98. The minimum Gasteiger partial charge on any atom is -0.467 e. The first-order valence-corrected chi connectivity index (χ1v) is 11.2. The third-order valence-electron chi connectivity index (χ3n) is 5.01. The van der Waals surface area contributed by atoms with Crippen molar-refractivity contribution in [3.63, 3.8) is 0 Å². The number of ether oxygens (including phenoxy) is 1. The van der Waals surface area contributed by atoms with Gasteiger partial charge in [0.2, 0.25) is 0 Å². The third-order valence-corrected chi connectivity index (χ3v) is 6.82. The second-order valence-electron chi connectivity index (χ2n) is 7.24. The molecule has 1 aromatic carbocycles. The van der Waals surface area contributed by atoms with Crippen LogP contribution < -0.4 is 10.5 Å². The number of rotatable bonds is 0. The second kappa shape index (κ2) is 7.11. The molecule has 1 aliphatic heterocycles. The summed E-state index contributed by atoms with van der Waals surface area (Å²) in [5.41, 5.74) is 9.43. The number of fused-ring (bicyclic) bond motifs is 5. The van der Waals surface area contributed by atoms with Gasteiger partial charge in [-0.05, 0) is 19.9 Å². The standard InChI is InChI=1S/C20H21N7O2S/c1-11-5-6-17-13(7-11)12(2)29-20-19(22)23-9-14(25-20)18-15(10-24-30(17,4)28)26-27(3)16(18)8-21/h5-7,9,12H,10H2,1-4H3,(H2,22,23)/t12-,30?/m1/s1. The fourth-order valence-electron chi connectivity index (χ4n) is 3.49. The van der Waals surface area contributed by atoms with E-state index < -0.39 is 15.8 Å². The van der Waals surface area contributed by atoms with Gasteiger partial charge in [-0.2, -0.15) is 10.4 Å². The Hall–Kier alpha value is -3.45. The van der Waals surface area contributed by atoms with Crippen LogP contribution in [0, 0.1) is 18.3 Å².